The fourth-order valence-electron chi connectivity index (χ4n) is 6.94. The summed E-state index contributed by atoms with van der Waals surface area (Å²) in [6, 6.07) is 0. The van der Waals surface area contributed by atoms with E-state index in [0.29, 0.717) is 29.5 Å². The zero-order chi connectivity index (χ0) is 15.7. The van der Waals surface area contributed by atoms with Gasteiger partial charge in [-0.3, -0.25) is 4.79 Å². The molecule has 2 heteroatoms. The maximum absolute atomic E-state index is 11.8. The van der Waals surface area contributed by atoms with Gasteiger partial charge in [-0.1, -0.05) is 26.3 Å². The van der Waals surface area contributed by atoms with Crippen LogP contribution in [0.5, 0.6) is 0 Å². The topological polar surface area (TPSA) is 37.3 Å². The zero-order valence-electron chi connectivity index (χ0n) is 14.3. The number of hydrogen-bond donors (Lipinski definition) is 1. The Kier molecular flexibility index (Phi) is 3.18. The lowest BCUT2D eigenvalue weighted by molar-refractivity contribution is -0.132. The molecule has 122 valence electrons. The van der Waals surface area contributed by atoms with E-state index in [2.05, 4.69) is 20.8 Å². The van der Waals surface area contributed by atoms with E-state index < -0.39 is 0 Å². The van der Waals surface area contributed by atoms with E-state index in [-0.39, 0.29) is 11.5 Å². The Labute approximate surface area is 134 Å². The first-order valence-corrected chi connectivity index (χ1v) is 9.28. The summed E-state index contributed by atoms with van der Waals surface area (Å²) >= 11 is 0. The number of rotatable bonds is 0. The smallest absolute Gasteiger partial charge is 0.155 e. The second-order valence-corrected chi connectivity index (χ2v) is 9.14. The van der Waals surface area contributed by atoms with Gasteiger partial charge in [-0.25, -0.2) is 0 Å². The van der Waals surface area contributed by atoms with Crippen LogP contribution in [0, 0.1) is 34.5 Å². The van der Waals surface area contributed by atoms with Crippen LogP contribution in [0.3, 0.4) is 0 Å². The Bertz CT molecular complexity index is 536. The molecule has 0 radical (unpaired) electrons. The number of carbonyl (C=O) groups is 1. The second kappa shape index (κ2) is 4.69. The molecular formula is C20H30O2. The highest BCUT2D eigenvalue weighted by molar-refractivity contribution is 5.91. The Balaban J connectivity index is 1.74. The number of hydrogen-bond acceptors (Lipinski definition) is 2. The summed E-state index contributed by atoms with van der Waals surface area (Å²) in [7, 11) is 0. The molecule has 2 nitrogen and oxygen atoms in total. The molecule has 0 bridgehead atoms. The maximum atomic E-state index is 11.8. The molecule has 0 aromatic rings. The molecular weight excluding hydrogens is 272 g/mol. The lowest BCUT2D eigenvalue weighted by atomic mass is 9.46. The van der Waals surface area contributed by atoms with Crippen LogP contribution in [0.15, 0.2) is 11.6 Å². The van der Waals surface area contributed by atoms with Gasteiger partial charge in [0, 0.05) is 6.42 Å². The van der Waals surface area contributed by atoms with Crippen molar-refractivity contribution in [3.63, 3.8) is 0 Å². The summed E-state index contributed by atoms with van der Waals surface area (Å²) in [6.07, 6.45) is 9.28. The lowest BCUT2D eigenvalue weighted by Crippen LogP contribution is -2.56. The van der Waals surface area contributed by atoms with Gasteiger partial charge < -0.3 is 5.11 Å². The third-order valence-electron chi connectivity index (χ3n) is 8.37. The molecule has 0 amide bonds. The molecule has 22 heavy (non-hydrogen) atoms. The zero-order valence-corrected chi connectivity index (χ0v) is 14.3. The first-order chi connectivity index (χ1) is 10.4. The third kappa shape index (κ3) is 1.79. The van der Waals surface area contributed by atoms with Crippen LogP contribution in [-0.4, -0.2) is 17.0 Å². The van der Waals surface area contributed by atoms with E-state index in [1.54, 1.807) is 0 Å². The monoisotopic (exact) mass is 302 g/mol. The number of aliphatic hydroxyl groups is 1. The van der Waals surface area contributed by atoms with E-state index >= 15 is 0 Å². The Morgan fingerprint density at radius 1 is 1.18 bits per heavy atom. The normalized spacial score (nSPS) is 54.3. The minimum atomic E-state index is -0.186. The average molecular weight is 302 g/mol. The van der Waals surface area contributed by atoms with Gasteiger partial charge in [0.25, 0.3) is 0 Å². The third-order valence-corrected chi connectivity index (χ3v) is 8.37. The van der Waals surface area contributed by atoms with Crippen LogP contribution in [-0.2, 0) is 4.79 Å². The van der Waals surface area contributed by atoms with Crippen LogP contribution in [0.1, 0.15) is 65.7 Å². The molecule has 1 unspecified atom stereocenters. The van der Waals surface area contributed by atoms with Gasteiger partial charge in [-0.2, -0.15) is 0 Å². The van der Waals surface area contributed by atoms with Crippen molar-refractivity contribution in [1.29, 1.82) is 0 Å². The molecule has 4 rings (SSSR count). The summed E-state index contributed by atoms with van der Waals surface area (Å²) < 4.78 is 0. The minimum absolute atomic E-state index is 0.0728. The summed E-state index contributed by atoms with van der Waals surface area (Å²) in [5.74, 6) is 2.87. The van der Waals surface area contributed by atoms with Crippen molar-refractivity contribution >= 4 is 5.78 Å². The van der Waals surface area contributed by atoms with Crippen molar-refractivity contribution in [3.05, 3.63) is 11.6 Å². The standard InChI is InChI=1S/C20H30O2/c1-12-4-7-16-15-6-5-13-10-14(21)8-9-19(13,2)18(15)17(22)11-20(12,16)3/h10,12,15-18,22H,4-9,11H2,1-3H3/t12-,15-,16?,17-,18+,19-,20+/m0/s1. The molecule has 0 aliphatic heterocycles. The fourth-order valence-corrected chi connectivity index (χ4v) is 6.94. The van der Waals surface area contributed by atoms with Gasteiger partial charge in [0.2, 0.25) is 0 Å². The predicted octanol–water partition coefficient (Wildman–Crippen LogP) is 4.13. The van der Waals surface area contributed by atoms with Crippen molar-refractivity contribution in [2.24, 2.45) is 34.5 Å². The van der Waals surface area contributed by atoms with Gasteiger partial charge in [-0.05, 0) is 79.1 Å². The molecule has 3 fully saturated rings. The highest BCUT2D eigenvalue weighted by Gasteiger charge is 2.61. The van der Waals surface area contributed by atoms with Crippen LogP contribution in [0.2, 0.25) is 0 Å². The van der Waals surface area contributed by atoms with Crippen molar-refractivity contribution in [2.45, 2.75) is 71.8 Å². The number of aliphatic hydroxyl groups excluding tert-OH is 1. The van der Waals surface area contributed by atoms with Crippen molar-refractivity contribution < 1.29 is 9.90 Å². The molecule has 0 aromatic carbocycles. The lowest BCUT2D eigenvalue weighted by Gasteiger charge is -2.59. The van der Waals surface area contributed by atoms with E-state index in [0.717, 1.165) is 31.1 Å². The van der Waals surface area contributed by atoms with Gasteiger partial charge in [0.05, 0.1) is 6.10 Å². The first kappa shape index (κ1) is 14.9. The molecule has 3 saturated carbocycles. The molecule has 4 aliphatic carbocycles. The average Bonchev–Trinajstić information content (AvgIpc) is 2.75. The minimum Gasteiger partial charge on any atom is -0.393 e. The van der Waals surface area contributed by atoms with Crippen LogP contribution in [0.4, 0.5) is 0 Å². The highest BCUT2D eigenvalue weighted by Crippen LogP contribution is 2.66. The number of fused-ring (bicyclic) bond motifs is 5. The van der Waals surface area contributed by atoms with Gasteiger partial charge >= 0.3 is 0 Å². The van der Waals surface area contributed by atoms with Gasteiger partial charge in [-0.15, -0.1) is 0 Å². The Morgan fingerprint density at radius 3 is 2.73 bits per heavy atom. The van der Waals surface area contributed by atoms with Crippen molar-refractivity contribution in [1.82, 2.24) is 0 Å². The highest BCUT2D eigenvalue weighted by atomic mass is 16.3. The predicted molar refractivity (Wildman–Crippen MR) is 87.3 cm³/mol. The van der Waals surface area contributed by atoms with Crippen LogP contribution < -0.4 is 0 Å². The number of allylic oxidation sites excluding steroid dienone is 1. The van der Waals surface area contributed by atoms with Crippen LogP contribution in [0.25, 0.3) is 0 Å². The van der Waals surface area contributed by atoms with E-state index in [1.807, 2.05) is 6.08 Å². The number of ketones is 1. The summed E-state index contributed by atoms with van der Waals surface area (Å²) in [5, 5.41) is 11.1. The summed E-state index contributed by atoms with van der Waals surface area (Å²) in [5.41, 5.74) is 1.75. The quantitative estimate of drug-likeness (QED) is 0.730. The first-order valence-electron chi connectivity index (χ1n) is 9.28. The Hall–Kier alpha value is -0.630. The summed E-state index contributed by atoms with van der Waals surface area (Å²) in [4.78, 5) is 11.8. The summed E-state index contributed by atoms with van der Waals surface area (Å²) in [6.45, 7) is 7.17. The molecule has 7 atom stereocenters. The Morgan fingerprint density at radius 2 is 1.95 bits per heavy atom. The largest absolute Gasteiger partial charge is 0.393 e. The molecule has 1 N–H and O–H groups in total. The molecule has 0 aromatic heterocycles. The van der Waals surface area contributed by atoms with Gasteiger partial charge in [0.15, 0.2) is 5.78 Å². The molecule has 0 saturated heterocycles. The number of carbonyl (C=O) groups excluding carboxylic acids is 1. The second-order valence-electron chi connectivity index (χ2n) is 9.14. The van der Waals surface area contributed by atoms with Crippen molar-refractivity contribution in [3.8, 4) is 0 Å². The van der Waals surface area contributed by atoms with E-state index in [9.17, 15) is 9.90 Å². The molecule has 4 aliphatic rings. The fraction of sp³-hybridized carbons (Fsp3) is 0.850. The maximum Gasteiger partial charge on any atom is 0.155 e. The van der Waals surface area contributed by atoms with E-state index in [4.69, 9.17) is 0 Å². The molecule has 0 heterocycles. The van der Waals surface area contributed by atoms with E-state index in [1.165, 1.54) is 24.8 Å². The SMILES string of the molecule is C[C@H]1CCC2[C@@H]3CCC4=CC(=O)CC[C@]4(C)[C@H]3[C@@H](O)C[C@@]21C. The van der Waals surface area contributed by atoms with Crippen LogP contribution >= 0.6 is 0 Å². The molecule has 0 spiro atoms. The van der Waals surface area contributed by atoms with Crippen molar-refractivity contribution in [2.75, 3.05) is 0 Å². The van der Waals surface area contributed by atoms with Gasteiger partial charge in [0.1, 0.15) is 0 Å².